The van der Waals surface area contributed by atoms with Crippen LogP contribution in [-0.2, 0) is 14.6 Å². The molecule has 150 valence electrons. The van der Waals surface area contributed by atoms with Crippen LogP contribution in [0.5, 0.6) is 11.5 Å². The standard InChI is InChI=1S/C19H23N3O5S/c1-11-18-15(14-5-4-13(26-2)8-16(14)27-3)9-17(23)20-19(18)22(21-11)12-6-7-28(24,25)10-12/h4-5,8,12,15H,6-7,9-10H2,1-3H3,(H,20,23)/t12-,15-/m0/s1. The Balaban J connectivity index is 1.81. The monoisotopic (exact) mass is 405 g/mol. The number of carbonyl (C=O) groups excluding carboxylic acids is 1. The summed E-state index contributed by atoms with van der Waals surface area (Å²) in [5, 5.41) is 7.53. The molecule has 1 aromatic heterocycles. The van der Waals surface area contributed by atoms with Gasteiger partial charge in [0.2, 0.25) is 5.91 Å². The van der Waals surface area contributed by atoms with Crippen molar-refractivity contribution < 1.29 is 22.7 Å². The molecule has 2 atom stereocenters. The van der Waals surface area contributed by atoms with Gasteiger partial charge < -0.3 is 14.8 Å². The Hall–Kier alpha value is -2.55. The molecular weight excluding hydrogens is 382 g/mol. The maximum Gasteiger partial charge on any atom is 0.226 e. The highest BCUT2D eigenvalue weighted by Gasteiger charge is 2.38. The number of sulfone groups is 1. The van der Waals surface area contributed by atoms with Crippen molar-refractivity contribution in [1.82, 2.24) is 9.78 Å². The van der Waals surface area contributed by atoms with E-state index in [0.29, 0.717) is 23.7 Å². The number of ether oxygens (including phenoxy) is 2. The number of carbonyl (C=O) groups is 1. The molecule has 1 aromatic carbocycles. The van der Waals surface area contributed by atoms with Crippen molar-refractivity contribution in [1.29, 1.82) is 0 Å². The Kier molecular flexibility index (Phi) is 4.57. The summed E-state index contributed by atoms with van der Waals surface area (Å²) in [6.07, 6.45) is 0.771. The van der Waals surface area contributed by atoms with Crippen molar-refractivity contribution in [2.45, 2.75) is 31.7 Å². The Morgan fingerprint density at radius 3 is 2.68 bits per heavy atom. The van der Waals surface area contributed by atoms with Crippen molar-refractivity contribution in [3.05, 3.63) is 35.0 Å². The first kappa shape index (κ1) is 18.8. The van der Waals surface area contributed by atoms with Gasteiger partial charge in [0.05, 0.1) is 37.5 Å². The minimum Gasteiger partial charge on any atom is -0.497 e. The van der Waals surface area contributed by atoms with E-state index in [-0.39, 0.29) is 35.8 Å². The SMILES string of the molecule is COc1ccc([C@@H]2CC(=O)Nc3c2c(C)nn3[C@H]2CCS(=O)(=O)C2)c(OC)c1. The zero-order valence-electron chi connectivity index (χ0n) is 16.1. The number of fused-ring (bicyclic) bond motifs is 1. The Morgan fingerprint density at radius 1 is 1.25 bits per heavy atom. The van der Waals surface area contributed by atoms with Crippen molar-refractivity contribution in [2.24, 2.45) is 0 Å². The lowest BCUT2D eigenvalue weighted by Crippen LogP contribution is -2.26. The predicted octanol–water partition coefficient (Wildman–Crippen LogP) is 2.04. The molecule has 1 N–H and O–H groups in total. The number of methoxy groups -OCH3 is 2. The summed E-state index contributed by atoms with van der Waals surface area (Å²) in [6, 6.07) is 5.28. The van der Waals surface area contributed by atoms with E-state index < -0.39 is 9.84 Å². The van der Waals surface area contributed by atoms with E-state index in [4.69, 9.17) is 9.47 Å². The number of amides is 1. The third-order valence-electron chi connectivity index (χ3n) is 5.50. The second-order valence-electron chi connectivity index (χ2n) is 7.26. The van der Waals surface area contributed by atoms with Gasteiger partial charge in [0, 0.05) is 29.5 Å². The normalized spacial score (nSPS) is 23.2. The van der Waals surface area contributed by atoms with Gasteiger partial charge >= 0.3 is 0 Å². The van der Waals surface area contributed by atoms with Gasteiger partial charge in [-0.3, -0.25) is 4.79 Å². The molecule has 0 spiro atoms. The molecule has 8 nitrogen and oxygen atoms in total. The zero-order valence-corrected chi connectivity index (χ0v) is 16.9. The predicted molar refractivity (Wildman–Crippen MR) is 104 cm³/mol. The van der Waals surface area contributed by atoms with Gasteiger partial charge in [-0.25, -0.2) is 13.1 Å². The molecule has 0 aliphatic carbocycles. The number of anilines is 1. The minimum atomic E-state index is -3.07. The fraction of sp³-hybridized carbons (Fsp3) is 0.474. The smallest absolute Gasteiger partial charge is 0.226 e. The molecule has 1 amide bonds. The second-order valence-corrected chi connectivity index (χ2v) is 9.49. The molecule has 4 rings (SSSR count). The number of nitrogens with zero attached hydrogens (tertiary/aromatic N) is 2. The van der Waals surface area contributed by atoms with Crippen LogP contribution < -0.4 is 14.8 Å². The van der Waals surface area contributed by atoms with Crippen molar-refractivity contribution in [3.63, 3.8) is 0 Å². The summed E-state index contributed by atoms with van der Waals surface area (Å²) in [7, 11) is 0.107. The van der Waals surface area contributed by atoms with Gasteiger partial charge in [0.15, 0.2) is 9.84 Å². The fourth-order valence-electron chi connectivity index (χ4n) is 4.18. The van der Waals surface area contributed by atoms with Crippen LogP contribution in [0.4, 0.5) is 5.82 Å². The minimum absolute atomic E-state index is 0.0486. The molecule has 9 heteroatoms. The van der Waals surface area contributed by atoms with E-state index in [0.717, 1.165) is 16.8 Å². The number of rotatable bonds is 4. The molecule has 0 unspecified atom stereocenters. The molecule has 1 saturated heterocycles. The third kappa shape index (κ3) is 3.13. The highest BCUT2D eigenvalue weighted by molar-refractivity contribution is 7.91. The van der Waals surface area contributed by atoms with Gasteiger partial charge in [0.1, 0.15) is 17.3 Å². The van der Waals surface area contributed by atoms with Crippen LogP contribution in [0.2, 0.25) is 0 Å². The number of aromatic nitrogens is 2. The van der Waals surface area contributed by atoms with Gasteiger partial charge in [-0.1, -0.05) is 6.07 Å². The number of hydrogen-bond acceptors (Lipinski definition) is 6. The summed E-state index contributed by atoms with van der Waals surface area (Å²) in [4.78, 5) is 12.5. The number of hydrogen-bond donors (Lipinski definition) is 1. The fourth-order valence-corrected chi connectivity index (χ4v) is 5.87. The Labute approximate surface area is 163 Å². The molecular formula is C19H23N3O5S. The number of nitrogens with one attached hydrogen (secondary N) is 1. The molecule has 0 bridgehead atoms. The summed E-state index contributed by atoms with van der Waals surface area (Å²) in [5.41, 5.74) is 2.57. The van der Waals surface area contributed by atoms with Gasteiger partial charge in [-0.15, -0.1) is 0 Å². The van der Waals surface area contributed by atoms with Crippen LogP contribution in [0, 0.1) is 6.92 Å². The first-order valence-electron chi connectivity index (χ1n) is 9.14. The topological polar surface area (TPSA) is 99.5 Å². The van der Waals surface area contributed by atoms with Crippen molar-refractivity contribution in [3.8, 4) is 11.5 Å². The van der Waals surface area contributed by atoms with Gasteiger partial charge in [0.25, 0.3) is 0 Å². The van der Waals surface area contributed by atoms with Crippen LogP contribution in [-0.4, -0.2) is 49.8 Å². The van der Waals surface area contributed by atoms with Crippen LogP contribution in [0.3, 0.4) is 0 Å². The maximum atomic E-state index is 12.5. The lowest BCUT2D eigenvalue weighted by molar-refractivity contribution is -0.116. The first-order chi connectivity index (χ1) is 13.3. The van der Waals surface area contributed by atoms with Crippen molar-refractivity contribution >= 4 is 21.6 Å². The molecule has 2 aliphatic heterocycles. The average Bonchev–Trinajstić information content (AvgIpc) is 3.19. The molecule has 1 fully saturated rings. The number of benzene rings is 1. The van der Waals surface area contributed by atoms with Gasteiger partial charge in [-0.05, 0) is 19.4 Å². The third-order valence-corrected chi connectivity index (χ3v) is 7.25. The average molecular weight is 405 g/mol. The second kappa shape index (κ2) is 6.80. The van der Waals surface area contributed by atoms with Gasteiger partial charge in [-0.2, -0.15) is 5.10 Å². The molecule has 2 aromatic rings. The van der Waals surface area contributed by atoms with Crippen LogP contribution >= 0.6 is 0 Å². The highest BCUT2D eigenvalue weighted by Crippen LogP contribution is 2.44. The quantitative estimate of drug-likeness (QED) is 0.836. The summed E-state index contributed by atoms with van der Waals surface area (Å²) in [5.74, 6) is 1.75. The molecule has 0 saturated carbocycles. The Bertz CT molecular complexity index is 1040. The molecule has 0 radical (unpaired) electrons. The van der Waals surface area contributed by atoms with E-state index in [9.17, 15) is 13.2 Å². The van der Waals surface area contributed by atoms with Crippen LogP contribution in [0.25, 0.3) is 0 Å². The molecule has 28 heavy (non-hydrogen) atoms. The summed E-state index contributed by atoms with van der Waals surface area (Å²) in [6.45, 7) is 1.89. The van der Waals surface area contributed by atoms with E-state index in [1.165, 1.54) is 0 Å². The summed E-state index contributed by atoms with van der Waals surface area (Å²) < 4.78 is 36.4. The first-order valence-corrected chi connectivity index (χ1v) is 11.0. The summed E-state index contributed by atoms with van der Waals surface area (Å²) >= 11 is 0. The van der Waals surface area contributed by atoms with Crippen LogP contribution in [0.15, 0.2) is 18.2 Å². The zero-order chi connectivity index (χ0) is 20.1. The maximum absolute atomic E-state index is 12.5. The van der Waals surface area contributed by atoms with E-state index in [2.05, 4.69) is 10.4 Å². The molecule has 2 aliphatic rings. The largest absolute Gasteiger partial charge is 0.497 e. The highest BCUT2D eigenvalue weighted by atomic mass is 32.2. The lowest BCUT2D eigenvalue weighted by atomic mass is 9.85. The van der Waals surface area contributed by atoms with Crippen LogP contribution in [0.1, 0.15) is 41.6 Å². The number of aryl methyl sites for hydroxylation is 1. The van der Waals surface area contributed by atoms with Crippen molar-refractivity contribution in [2.75, 3.05) is 31.0 Å². The lowest BCUT2D eigenvalue weighted by Gasteiger charge is -2.26. The van der Waals surface area contributed by atoms with E-state index >= 15 is 0 Å². The Morgan fingerprint density at radius 2 is 2.04 bits per heavy atom. The van der Waals surface area contributed by atoms with E-state index in [1.54, 1.807) is 25.0 Å². The molecule has 3 heterocycles. The van der Waals surface area contributed by atoms with E-state index in [1.807, 2.05) is 19.1 Å².